The minimum Gasteiger partial charge on any atom is -0.465 e. The fourth-order valence-corrected chi connectivity index (χ4v) is 6.67. The van der Waals surface area contributed by atoms with Crippen molar-refractivity contribution in [2.75, 3.05) is 13.2 Å². The van der Waals surface area contributed by atoms with E-state index < -0.39 is 76.9 Å². The highest BCUT2D eigenvalue weighted by molar-refractivity contribution is 5.70. The lowest BCUT2D eigenvalue weighted by Gasteiger charge is -2.60. The van der Waals surface area contributed by atoms with E-state index >= 15 is 0 Å². The minimum absolute atomic E-state index is 0.0346. The van der Waals surface area contributed by atoms with E-state index in [-0.39, 0.29) is 25.6 Å². The molecule has 2 aliphatic carbocycles. The number of hydrogen-bond donors (Lipinski definition) is 1. The molecular formula is C26H36O11. The Balaban J connectivity index is 1.89. The molecule has 2 saturated heterocycles. The third kappa shape index (κ3) is 4.06. The lowest BCUT2D eigenvalue weighted by Crippen LogP contribution is -2.73. The Morgan fingerprint density at radius 3 is 2.22 bits per heavy atom. The number of fused-ring (bicyclic) bond motifs is 2. The Bertz CT molecular complexity index is 1010. The standard InChI is InChI=1S/C26H36O11/c1-12(2)8-18(30)37-19-13(3)9-17-25(21(19)31,10-32-14(4)27)24(7)22(35-16(6)29)20(34-15(5)28)23(36-17)26(24)11-33-26/h9,12,17,19-23,31H,8,10-11H2,1-7H3/t17?,19-,20?,21-,22?,23?,24-,25-,26-/m1/s1. The summed E-state index contributed by atoms with van der Waals surface area (Å²) in [6.07, 6.45) is -4.51. The van der Waals surface area contributed by atoms with Crippen LogP contribution in [0.25, 0.3) is 0 Å². The van der Waals surface area contributed by atoms with Gasteiger partial charge in [-0.05, 0) is 18.4 Å². The van der Waals surface area contributed by atoms with Crippen molar-refractivity contribution in [3.05, 3.63) is 11.6 Å². The number of rotatable bonds is 7. The summed E-state index contributed by atoms with van der Waals surface area (Å²) in [6, 6.07) is 0. The Hall–Kier alpha value is -2.50. The van der Waals surface area contributed by atoms with Crippen molar-refractivity contribution in [2.24, 2.45) is 16.7 Å². The smallest absolute Gasteiger partial charge is 0.306 e. The average molecular weight is 525 g/mol. The molecule has 11 heteroatoms. The first-order chi connectivity index (χ1) is 17.2. The summed E-state index contributed by atoms with van der Waals surface area (Å²) >= 11 is 0. The molecule has 1 N–H and O–H groups in total. The van der Waals surface area contributed by atoms with Gasteiger partial charge in [-0.3, -0.25) is 19.2 Å². The van der Waals surface area contributed by atoms with Crippen LogP contribution in [-0.2, 0) is 47.6 Å². The summed E-state index contributed by atoms with van der Waals surface area (Å²) in [5.41, 5.74) is -3.34. The van der Waals surface area contributed by atoms with E-state index in [0.717, 1.165) is 0 Å². The van der Waals surface area contributed by atoms with E-state index in [0.29, 0.717) is 5.57 Å². The van der Waals surface area contributed by atoms with Crippen molar-refractivity contribution >= 4 is 23.9 Å². The maximum atomic E-state index is 12.7. The van der Waals surface area contributed by atoms with Gasteiger partial charge in [-0.2, -0.15) is 0 Å². The second kappa shape index (κ2) is 9.36. The number of carbonyl (C=O) groups is 4. The van der Waals surface area contributed by atoms with Gasteiger partial charge in [0.2, 0.25) is 0 Å². The lowest BCUT2D eigenvalue weighted by molar-refractivity contribution is -0.276. The normalized spacial score (nSPS) is 41.5. The van der Waals surface area contributed by atoms with Crippen LogP contribution in [0.3, 0.4) is 0 Å². The third-order valence-electron chi connectivity index (χ3n) is 8.35. The molecule has 4 unspecified atom stereocenters. The maximum Gasteiger partial charge on any atom is 0.306 e. The summed E-state index contributed by atoms with van der Waals surface area (Å²) in [5.74, 6) is -2.31. The molecule has 11 nitrogen and oxygen atoms in total. The Morgan fingerprint density at radius 2 is 1.70 bits per heavy atom. The molecule has 0 aromatic carbocycles. The van der Waals surface area contributed by atoms with Crippen molar-refractivity contribution in [3.63, 3.8) is 0 Å². The number of carbonyl (C=O) groups excluding carboxylic acids is 4. The summed E-state index contributed by atoms with van der Waals surface area (Å²) in [4.78, 5) is 49.1. The number of esters is 4. The molecule has 0 aromatic rings. The number of aliphatic hydroxyl groups is 1. The van der Waals surface area contributed by atoms with Crippen LogP contribution in [0.5, 0.6) is 0 Å². The second-order valence-corrected chi connectivity index (χ2v) is 11.1. The highest BCUT2D eigenvalue weighted by Crippen LogP contribution is 2.72. The first-order valence-corrected chi connectivity index (χ1v) is 12.5. The van der Waals surface area contributed by atoms with Gasteiger partial charge in [0.05, 0.1) is 23.5 Å². The lowest BCUT2D eigenvalue weighted by atomic mass is 9.49. The Kier molecular flexibility index (Phi) is 6.96. The van der Waals surface area contributed by atoms with Crippen molar-refractivity contribution in [3.8, 4) is 0 Å². The van der Waals surface area contributed by atoms with Crippen LogP contribution in [0.2, 0.25) is 0 Å². The van der Waals surface area contributed by atoms with Gasteiger partial charge in [-0.15, -0.1) is 0 Å². The zero-order valence-electron chi connectivity index (χ0n) is 22.3. The van der Waals surface area contributed by atoms with Crippen LogP contribution in [0.15, 0.2) is 11.6 Å². The molecule has 3 fully saturated rings. The zero-order chi connectivity index (χ0) is 27.5. The molecule has 4 rings (SSSR count). The molecule has 9 atom stereocenters. The van der Waals surface area contributed by atoms with E-state index in [1.807, 2.05) is 13.8 Å². The van der Waals surface area contributed by atoms with E-state index in [2.05, 4.69) is 0 Å². The van der Waals surface area contributed by atoms with Crippen molar-refractivity contribution in [2.45, 2.75) is 97.1 Å². The molecule has 37 heavy (non-hydrogen) atoms. The summed E-state index contributed by atoms with van der Waals surface area (Å²) in [6.45, 7) is 10.7. The van der Waals surface area contributed by atoms with Gasteiger partial charge in [0.25, 0.3) is 0 Å². The van der Waals surface area contributed by atoms with E-state index in [9.17, 15) is 24.3 Å². The molecule has 1 saturated carbocycles. The summed E-state index contributed by atoms with van der Waals surface area (Å²) < 4.78 is 35.2. The first kappa shape index (κ1) is 27.5. The maximum absolute atomic E-state index is 12.7. The molecule has 4 aliphatic rings. The monoisotopic (exact) mass is 524 g/mol. The Morgan fingerprint density at radius 1 is 1.08 bits per heavy atom. The largest absolute Gasteiger partial charge is 0.465 e. The van der Waals surface area contributed by atoms with E-state index in [1.165, 1.54) is 20.8 Å². The van der Waals surface area contributed by atoms with Crippen molar-refractivity contribution < 1.29 is 52.7 Å². The van der Waals surface area contributed by atoms with Crippen LogP contribution in [0.4, 0.5) is 0 Å². The predicted molar refractivity (Wildman–Crippen MR) is 125 cm³/mol. The quantitative estimate of drug-likeness (QED) is 0.222. The van der Waals surface area contributed by atoms with Crippen LogP contribution in [0, 0.1) is 16.7 Å². The van der Waals surface area contributed by atoms with Gasteiger partial charge in [0.1, 0.15) is 30.5 Å². The average Bonchev–Trinajstić information content (AvgIpc) is 3.55. The van der Waals surface area contributed by atoms with E-state index in [1.54, 1.807) is 19.9 Å². The number of hydrogen-bond acceptors (Lipinski definition) is 11. The van der Waals surface area contributed by atoms with Crippen molar-refractivity contribution in [1.29, 1.82) is 0 Å². The molecule has 206 valence electrons. The number of aliphatic hydroxyl groups excluding tert-OH is 1. The molecule has 0 aromatic heterocycles. The van der Waals surface area contributed by atoms with E-state index in [4.69, 9.17) is 28.4 Å². The van der Waals surface area contributed by atoms with Gasteiger partial charge in [0, 0.05) is 27.2 Å². The molecular weight excluding hydrogens is 488 g/mol. The SMILES string of the molecule is CC(=O)OC[C@@]12C(C=C(C)[C@@H](OC(=O)CC(C)C)[C@H]1O)OC1C(OC(C)=O)C(OC(C)=O)[C@@]2(C)[C@@]12CO2. The molecule has 2 heterocycles. The van der Waals surface area contributed by atoms with Crippen LogP contribution in [0.1, 0.15) is 54.9 Å². The third-order valence-corrected chi connectivity index (χ3v) is 8.35. The fourth-order valence-electron chi connectivity index (χ4n) is 6.67. The van der Waals surface area contributed by atoms with Crippen LogP contribution in [-0.4, -0.2) is 84.4 Å². The molecule has 2 aliphatic heterocycles. The minimum atomic E-state index is -1.50. The van der Waals surface area contributed by atoms with Crippen LogP contribution >= 0.6 is 0 Å². The van der Waals surface area contributed by atoms with Gasteiger partial charge in [-0.25, -0.2) is 0 Å². The topological polar surface area (TPSA) is 147 Å². The highest BCUT2D eigenvalue weighted by Gasteiger charge is 2.88. The van der Waals surface area contributed by atoms with Gasteiger partial charge in [-0.1, -0.05) is 26.8 Å². The Labute approximate surface area is 215 Å². The zero-order valence-corrected chi connectivity index (χ0v) is 22.3. The van der Waals surface area contributed by atoms with Gasteiger partial charge in [0.15, 0.2) is 12.2 Å². The first-order valence-electron chi connectivity index (χ1n) is 12.5. The van der Waals surface area contributed by atoms with Gasteiger partial charge >= 0.3 is 23.9 Å². The number of epoxide rings is 1. The van der Waals surface area contributed by atoms with Crippen molar-refractivity contribution in [1.82, 2.24) is 0 Å². The predicted octanol–water partition coefficient (Wildman–Crippen LogP) is 1.23. The molecule has 0 radical (unpaired) electrons. The fraction of sp³-hybridized carbons (Fsp3) is 0.769. The second-order valence-electron chi connectivity index (χ2n) is 11.1. The summed E-state index contributed by atoms with van der Waals surface area (Å²) in [7, 11) is 0. The molecule has 2 bridgehead atoms. The number of ether oxygens (including phenoxy) is 6. The molecule has 1 spiro atoms. The highest BCUT2D eigenvalue weighted by atomic mass is 16.7. The van der Waals surface area contributed by atoms with Gasteiger partial charge < -0.3 is 33.5 Å². The van der Waals surface area contributed by atoms with Crippen LogP contribution < -0.4 is 0 Å². The summed E-state index contributed by atoms with van der Waals surface area (Å²) in [5, 5.41) is 12.1. The molecule has 0 amide bonds.